The van der Waals surface area contributed by atoms with Crippen LogP contribution in [0.1, 0.15) is 42.6 Å². The number of halogens is 3. The Balaban J connectivity index is 2.14. The number of rotatable bonds is 8. The summed E-state index contributed by atoms with van der Waals surface area (Å²) in [5.41, 5.74) is -1.16. The van der Waals surface area contributed by atoms with Gasteiger partial charge in [-0.2, -0.15) is 18.3 Å². The number of hydrogen-bond donors (Lipinski definition) is 1. The lowest BCUT2D eigenvalue weighted by Crippen LogP contribution is -2.30. The summed E-state index contributed by atoms with van der Waals surface area (Å²) < 4.78 is 41.2. The lowest BCUT2D eigenvalue weighted by molar-refractivity contribution is -0.137. The van der Waals surface area contributed by atoms with E-state index in [-0.39, 0.29) is 17.7 Å². The van der Waals surface area contributed by atoms with Crippen LogP contribution in [0, 0.1) is 0 Å². The molecule has 1 heterocycles. The van der Waals surface area contributed by atoms with Gasteiger partial charge >= 0.3 is 6.18 Å². The van der Waals surface area contributed by atoms with Gasteiger partial charge in [-0.05, 0) is 38.5 Å². The van der Waals surface area contributed by atoms with Crippen molar-refractivity contribution in [2.24, 2.45) is 0 Å². The number of amides is 2. The monoisotopic (exact) mass is 397 g/mol. The maximum Gasteiger partial charge on any atom is 0.416 e. The summed E-state index contributed by atoms with van der Waals surface area (Å²) >= 11 is 0. The zero-order chi connectivity index (χ0) is 20.7. The van der Waals surface area contributed by atoms with Gasteiger partial charge in [-0.25, -0.2) is 4.98 Å². The third-order valence-corrected chi connectivity index (χ3v) is 4.10. The van der Waals surface area contributed by atoms with Crippen molar-refractivity contribution >= 4 is 17.5 Å². The lowest BCUT2D eigenvalue weighted by atomic mass is 10.1. The number of benzene rings is 1. The fourth-order valence-electron chi connectivity index (χ4n) is 2.65. The highest BCUT2D eigenvalue weighted by molar-refractivity contribution is 5.97. The normalized spacial score (nSPS) is 11.3. The smallest absolute Gasteiger partial charge is 0.339 e. The number of nitrogens with one attached hydrogen (secondary N) is 1. The lowest BCUT2D eigenvalue weighted by Gasteiger charge is -2.20. The summed E-state index contributed by atoms with van der Waals surface area (Å²) in [4.78, 5) is 29.8. The summed E-state index contributed by atoms with van der Waals surface area (Å²) in [7, 11) is 0. The van der Waals surface area contributed by atoms with Crippen LogP contribution < -0.4 is 5.32 Å². The second-order valence-corrected chi connectivity index (χ2v) is 6.08. The van der Waals surface area contributed by atoms with Crippen molar-refractivity contribution in [3.8, 4) is 0 Å². The van der Waals surface area contributed by atoms with Crippen LogP contribution in [0.2, 0.25) is 0 Å². The van der Waals surface area contributed by atoms with Gasteiger partial charge in [-0.1, -0.05) is 0 Å². The first-order valence-electron chi connectivity index (χ1n) is 8.88. The van der Waals surface area contributed by atoms with Gasteiger partial charge < -0.3 is 10.2 Å². The van der Waals surface area contributed by atoms with E-state index in [1.54, 1.807) is 18.5 Å². The number of carbonyl (C=O) groups is 2. The minimum atomic E-state index is -4.63. The van der Waals surface area contributed by atoms with E-state index in [0.717, 1.165) is 12.1 Å². The minimum absolute atomic E-state index is 0.0592. The molecule has 0 spiro atoms. The van der Waals surface area contributed by atoms with Crippen LogP contribution in [0.15, 0.2) is 30.9 Å². The second-order valence-electron chi connectivity index (χ2n) is 6.08. The largest absolute Gasteiger partial charge is 0.416 e. The standard InChI is InChI=1S/C18H22F3N5O2/c1-3-25(4-2)17(28)13-8-14(18(19,20)21)10-15(9-13)24-16(27)6-5-7-26-12-22-11-23-26/h8-12H,3-7H2,1-2H3,(H,24,27). The average Bonchev–Trinajstić information content (AvgIpc) is 3.15. The first-order valence-corrected chi connectivity index (χ1v) is 8.88. The van der Waals surface area contributed by atoms with E-state index in [2.05, 4.69) is 15.4 Å². The number of hydrogen-bond acceptors (Lipinski definition) is 4. The van der Waals surface area contributed by atoms with Crippen molar-refractivity contribution in [1.29, 1.82) is 0 Å². The Morgan fingerprint density at radius 3 is 2.46 bits per heavy atom. The van der Waals surface area contributed by atoms with Crippen LogP contribution >= 0.6 is 0 Å². The Kier molecular flexibility index (Phi) is 7.13. The van der Waals surface area contributed by atoms with Crippen LogP contribution in [-0.2, 0) is 17.5 Å². The van der Waals surface area contributed by atoms with E-state index < -0.39 is 23.6 Å². The predicted molar refractivity (Wildman–Crippen MR) is 96.6 cm³/mol. The molecule has 10 heteroatoms. The highest BCUT2D eigenvalue weighted by Gasteiger charge is 2.32. The summed E-state index contributed by atoms with van der Waals surface area (Å²) in [6, 6.07) is 2.90. The molecule has 0 unspecified atom stereocenters. The number of aryl methyl sites for hydroxylation is 1. The Hall–Kier alpha value is -2.91. The van der Waals surface area contributed by atoms with Crippen molar-refractivity contribution < 1.29 is 22.8 Å². The van der Waals surface area contributed by atoms with Crippen LogP contribution in [0.5, 0.6) is 0 Å². The Labute approximate surface area is 160 Å². The molecule has 152 valence electrons. The topological polar surface area (TPSA) is 80.1 Å². The molecule has 0 bridgehead atoms. The quantitative estimate of drug-likeness (QED) is 0.742. The van der Waals surface area contributed by atoms with E-state index in [0.29, 0.717) is 26.1 Å². The van der Waals surface area contributed by atoms with Gasteiger partial charge in [0.15, 0.2) is 0 Å². The molecule has 0 fully saturated rings. The van der Waals surface area contributed by atoms with Crippen LogP contribution in [-0.4, -0.2) is 44.6 Å². The summed E-state index contributed by atoms with van der Waals surface area (Å²) in [5.74, 6) is -0.960. The number of alkyl halides is 3. The van der Waals surface area contributed by atoms with Crippen molar-refractivity contribution in [1.82, 2.24) is 19.7 Å². The number of nitrogens with zero attached hydrogens (tertiary/aromatic N) is 4. The van der Waals surface area contributed by atoms with Crippen molar-refractivity contribution in [3.05, 3.63) is 42.0 Å². The van der Waals surface area contributed by atoms with Gasteiger partial charge in [0.25, 0.3) is 5.91 Å². The molecule has 0 aliphatic heterocycles. The van der Waals surface area contributed by atoms with Gasteiger partial charge in [-0.3, -0.25) is 14.3 Å². The maximum absolute atomic E-state index is 13.2. The van der Waals surface area contributed by atoms with Crippen molar-refractivity contribution in [2.45, 2.75) is 39.4 Å². The molecular formula is C18H22F3N5O2. The predicted octanol–water partition coefficient (Wildman–Crippen LogP) is 3.20. The van der Waals surface area contributed by atoms with Gasteiger partial charge in [0.05, 0.1) is 5.56 Å². The minimum Gasteiger partial charge on any atom is -0.339 e. The summed E-state index contributed by atoms with van der Waals surface area (Å²) in [6.45, 7) is 4.69. The molecule has 0 aliphatic carbocycles. The molecule has 7 nitrogen and oxygen atoms in total. The molecule has 1 aromatic heterocycles. The third kappa shape index (κ3) is 5.80. The van der Waals surface area contributed by atoms with E-state index in [9.17, 15) is 22.8 Å². The fraction of sp³-hybridized carbons (Fsp3) is 0.444. The summed E-state index contributed by atoms with van der Waals surface area (Å²) in [5, 5.41) is 6.36. The van der Waals surface area contributed by atoms with Gasteiger partial charge in [-0.15, -0.1) is 0 Å². The maximum atomic E-state index is 13.2. The Bertz CT molecular complexity index is 802. The Morgan fingerprint density at radius 1 is 1.18 bits per heavy atom. The van der Waals surface area contributed by atoms with E-state index in [4.69, 9.17) is 0 Å². The van der Waals surface area contributed by atoms with Gasteiger partial charge in [0.2, 0.25) is 5.91 Å². The van der Waals surface area contributed by atoms with E-state index >= 15 is 0 Å². The van der Waals surface area contributed by atoms with Crippen LogP contribution in [0.4, 0.5) is 18.9 Å². The van der Waals surface area contributed by atoms with Gasteiger partial charge in [0.1, 0.15) is 12.7 Å². The average molecular weight is 397 g/mol. The second kappa shape index (κ2) is 9.34. The first-order chi connectivity index (χ1) is 13.2. The molecule has 0 saturated carbocycles. The molecule has 0 atom stereocenters. The molecule has 2 amide bonds. The molecule has 0 aliphatic rings. The molecule has 0 saturated heterocycles. The molecule has 28 heavy (non-hydrogen) atoms. The molecule has 1 N–H and O–H groups in total. The highest BCUT2D eigenvalue weighted by atomic mass is 19.4. The van der Waals surface area contributed by atoms with Crippen molar-refractivity contribution in [2.75, 3.05) is 18.4 Å². The first kappa shape index (κ1) is 21.4. The summed E-state index contributed by atoms with van der Waals surface area (Å²) in [6.07, 6.45) is -1.21. The molecule has 2 aromatic rings. The number of carbonyl (C=O) groups excluding carboxylic acids is 2. The fourth-order valence-corrected chi connectivity index (χ4v) is 2.65. The number of aromatic nitrogens is 3. The zero-order valence-electron chi connectivity index (χ0n) is 15.7. The van der Waals surface area contributed by atoms with E-state index in [1.807, 2.05) is 0 Å². The highest BCUT2D eigenvalue weighted by Crippen LogP contribution is 2.32. The SMILES string of the molecule is CCN(CC)C(=O)c1cc(NC(=O)CCCn2cncn2)cc(C(F)(F)F)c1. The van der Waals surface area contributed by atoms with Crippen LogP contribution in [0.25, 0.3) is 0 Å². The number of anilines is 1. The third-order valence-electron chi connectivity index (χ3n) is 4.10. The molecule has 2 rings (SSSR count). The Morgan fingerprint density at radius 2 is 1.89 bits per heavy atom. The van der Waals surface area contributed by atoms with Crippen molar-refractivity contribution in [3.63, 3.8) is 0 Å². The van der Waals surface area contributed by atoms with Crippen LogP contribution in [0.3, 0.4) is 0 Å². The molecular weight excluding hydrogens is 375 g/mol. The van der Waals surface area contributed by atoms with E-state index in [1.165, 1.54) is 23.6 Å². The zero-order valence-corrected chi connectivity index (χ0v) is 15.7. The molecule has 0 radical (unpaired) electrons. The molecule has 1 aromatic carbocycles. The van der Waals surface area contributed by atoms with Gasteiger partial charge in [0, 0.05) is 37.3 Å².